The highest BCUT2D eigenvalue weighted by Gasteiger charge is 2.48. The zero-order valence-electron chi connectivity index (χ0n) is 17.8. The molecule has 4 rings (SSSR count). The lowest BCUT2D eigenvalue weighted by molar-refractivity contribution is -0.192. The van der Waals surface area contributed by atoms with Crippen molar-refractivity contribution in [3.05, 3.63) is 24.0 Å². The fraction of sp³-hybridized carbons (Fsp3) is 0.650. The minimum absolute atomic E-state index is 0.0274. The highest BCUT2D eigenvalue weighted by molar-refractivity contribution is 5.94. The Bertz CT molecular complexity index is 837. The third kappa shape index (κ3) is 5.41. The maximum Gasteiger partial charge on any atom is 0.490 e. The van der Waals surface area contributed by atoms with Crippen LogP contribution in [0.1, 0.15) is 23.3 Å². The molecule has 0 bridgehead atoms. The topological polar surface area (TPSA) is 95.3 Å². The number of aryl methyl sites for hydroxylation is 1. The molecule has 1 N–H and O–H groups in total. The number of hydrogen-bond donors (Lipinski definition) is 1. The molecule has 9 nitrogen and oxygen atoms in total. The summed E-state index contributed by atoms with van der Waals surface area (Å²) in [4.78, 5) is 40.5. The molecule has 2 amide bonds. The fourth-order valence-electron chi connectivity index (χ4n) is 4.38. The molecule has 1 aromatic rings. The van der Waals surface area contributed by atoms with Crippen molar-refractivity contribution in [2.24, 2.45) is 7.05 Å². The Kier molecular flexibility index (Phi) is 7.44. The van der Waals surface area contributed by atoms with Crippen LogP contribution in [-0.2, 0) is 21.4 Å². The largest absolute Gasteiger partial charge is 0.490 e. The van der Waals surface area contributed by atoms with E-state index < -0.39 is 12.1 Å². The number of alkyl halides is 3. The molecule has 1 aromatic heterocycles. The Morgan fingerprint density at radius 2 is 1.81 bits per heavy atom. The number of carboxylic acids is 1. The Morgan fingerprint density at radius 1 is 1.16 bits per heavy atom. The van der Waals surface area contributed by atoms with Gasteiger partial charge >= 0.3 is 12.1 Å². The Labute approximate surface area is 183 Å². The van der Waals surface area contributed by atoms with Crippen molar-refractivity contribution in [2.45, 2.75) is 31.1 Å². The lowest BCUT2D eigenvalue weighted by atomic mass is 10.1. The molecule has 0 unspecified atom stereocenters. The van der Waals surface area contributed by atoms with Gasteiger partial charge in [0.15, 0.2) is 0 Å². The summed E-state index contributed by atoms with van der Waals surface area (Å²) in [6.07, 6.45) is -1.85. The SMILES string of the molecule is Cn1cccc1C(=O)N1CC[C@@H]2[C@@H]1CC(=O)N2CCN1CCOCC1.O=C(O)C(F)(F)F. The van der Waals surface area contributed by atoms with Crippen molar-refractivity contribution in [2.75, 3.05) is 45.9 Å². The summed E-state index contributed by atoms with van der Waals surface area (Å²) < 4.78 is 39.0. The number of morpholine rings is 1. The first-order valence-electron chi connectivity index (χ1n) is 10.4. The number of aromatic nitrogens is 1. The van der Waals surface area contributed by atoms with E-state index in [0.29, 0.717) is 12.1 Å². The molecule has 2 atom stereocenters. The number of amides is 2. The molecule has 3 aliphatic rings. The first-order valence-corrected chi connectivity index (χ1v) is 10.4. The van der Waals surface area contributed by atoms with E-state index in [1.54, 1.807) is 0 Å². The molecule has 12 heteroatoms. The van der Waals surface area contributed by atoms with Crippen LogP contribution in [0.2, 0.25) is 0 Å². The van der Waals surface area contributed by atoms with Gasteiger partial charge in [-0.15, -0.1) is 0 Å². The molecule has 0 saturated carbocycles. The number of hydrogen-bond acceptors (Lipinski definition) is 5. The Morgan fingerprint density at radius 3 is 2.38 bits per heavy atom. The summed E-state index contributed by atoms with van der Waals surface area (Å²) in [5.74, 6) is -2.53. The van der Waals surface area contributed by atoms with E-state index in [0.717, 1.165) is 52.4 Å². The number of halogens is 3. The molecule has 3 saturated heterocycles. The molecule has 0 aromatic carbocycles. The standard InChI is InChI=1S/C18H26N4O3.C2HF3O2/c1-19-5-2-3-15(19)18(24)22-6-4-14-16(22)13-17(23)21(14)8-7-20-9-11-25-12-10-20;3-2(4,5)1(6)7/h2-3,5,14,16H,4,6-13H2,1H3;(H,6,7)/t14-,16+;/m1./s1. The maximum atomic E-state index is 12.8. The molecule has 178 valence electrons. The summed E-state index contributed by atoms with van der Waals surface area (Å²) in [6, 6.07) is 3.94. The van der Waals surface area contributed by atoms with Gasteiger partial charge in [0, 0.05) is 52.4 Å². The van der Waals surface area contributed by atoms with Crippen LogP contribution < -0.4 is 0 Å². The van der Waals surface area contributed by atoms with Gasteiger partial charge in [-0.05, 0) is 18.6 Å². The average molecular weight is 460 g/mol. The van der Waals surface area contributed by atoms with Crippen molar-refractivity contribution < 1.29 is 37.4 Å². The maximum absolute atomic E-state index is 12.8. The van der Waals surface area contributed by atoms with E-state index in [-0.39, 0.29) is 23.9 Å². The summed E-state index contributed by atoms with van der Waals surface area (Å²) in [5.41, 5.74) is 0.694. The summed E-state index contributed by atoms with van der Waals surface area (Å²) >= 11 is 0. The van der Waals surface area contributed by atoms with E-state index in [4.69, 9.17) is 14.6 Å². The number of carbonyl (C=O) groups is 3. The number of carbonyl (C=O) groups excluding carboxylic acids is 2. The Balaban J connectivity index is 0.000000360. The predicted molar refractivity (Wildman–Crippen MR) is 106 cm³/mol. The molecule has 32 heavy (non-hydrogen) atoms. The molecule has 3 fully saturated rings. The number of aliphatic carboxylic acids is 1. The van der Waals surface area contributed by atoms with E-state index in [1.807, 2.05) is 39.7 Å². The van der Waals surface area contributed by atoms with Gasteiger partial charge in [-0.2, -0.15) is 13.2 Å². The van der Waals surface area contributed by atoms with Crippen molar-refractivity contribution in [1.82, 2.24) is 19.3 Å². The number of ether oxygens (including phenoxy) is 1. The van der Waals surface area contributed by atoms with E-state index in [2.05, 4.69) is 4.90 Å². The van der Waals surface area contributed by atoms with E-state index >= 15 is 0 Å². The molecule has 3 aliphatic heterocycles. The minimum atomic E-state index is -5.08. The van der Waals surface area contributed by atoms with Gasteiger partial charge in [-0.3, -0.25) is 14.5 Å². The second-order valence-electron chi connectivity index (χ2n) is 7.97. The molecule has 0 spiro atoms. The number of nitrogens with zero attached hydrogens (tertiary/aromatic N) is 4. The van der Waals surface area contributed by atoms with Gasteiger partial charge in [-0.1, -0.05) is 0 Å². The molecular formula is C20H27F3N4O5. The first-order chi connectivity index (χ1) is 15.1. The van der Waals surface area contributed by atoms with E-state index in [1.165, 1.54) is 0 Å². The smallest absolute Gasteiger partial charge is 0.475 e. The van der Waals surface area contributed by atoms with Crippen LogP contribution in [-0.4, -0.2) is 106 Å². The number of rotatable bonds is 4. The highest BCUT2D eigenvalue weighted by atomic mass is 19.4. The van der Waals surface area contributed by atoms with Crippen LogP contribution in [0.4, 0.5) is 13.2 Å². The lowest BCUT2D eigenvalue weighted by Crippen LogP contribution is -2.45. The van der Waals surface area contributed by atoms with Crippen molar-refractivity contribution in [3.63, 3.8) is 0 Å². The predicted octanol–water partition coefficient (Wildman–Crippen LogP) is 0.806. The average Bonchev–Trinajstić information content (AvgIpc) is 3.42. The molecular weight excluding hydrogens is 433 g/mol. The van der Waals surface area contributed by atoms with Crippen LogP contribution >= 0.6 is 0 Å². The summed E-state index contributed by atoms with van der Waals surface area (Å²) in [6.45, 7) is 5.82. The number of likely N-dealkylation sites (tertiary alicyclic amines) is 2. The third-order valence-electron chi connectivity index (χ3n) is 6.04. The first kappa shape index (κ1) is 24.1. The highest BCUT2D eigenvalue weighted by Crippen LogP contribution is 2.33. The quantitative estimate of drug-likeness (QED) is 0.715. The molecule has 4 heterocycles. The van der Waals surface area contributed by atoms with E-state index in [9.17, 15) is 22.8 Å². The second-order valence-corrected chi connectivity index (χ2v) is 7.97. The fourth-order valence-corrected chi connectivity index (χ4v) is 4.38. The van der Waals surface area contributed by atoms with Gasteiger partial charge < -0.3 is 24.2 Å². The summed E-state index contributed by atoms with van der Waals surface area (Å²) in [5, 5.41) is 7.12. The zero-order valence-corrected chi connectivity index (χ0v) is 17.8. The number of fused-ring (bicyclic) bond motifs is 1. The van der Waals surface area contributed by atoms with Crippen molar-refractivity contribution in [1.29, 1.82) is 0 Å². The van der Waals surface area contributed by atoms with Crippen LogP contribution in [0.5, 0.6) is 0 Å². The lowest BCUT2D eigenvalue weighted by Gasteiger charge is -2.30. The number of carboxylic acid groups (broad SMARTS) is 1. The van der Waals surface area contributed by atoms with Crippen molar-refractivity contribution >= 4 is 17.8 Å². The normalized spacial score (nSPS) is 23.7. The summed E-state index contributed by atoms with van der Waals surface area (Å²) in [7, 11) is 1.88. The van der Waals surface area contributed by atoms with Crippen LogP contribution in [0.15, 0.2) is 18.3 Å². The monoisotopic (exact) mass is 460 g/mol. The van der Waals surface area contributed by atoms with Crippen LogP contribution in [0.3, 0.4) is 0 Å². The van der Waals surface area contributed by atoms with Crippen LogP contribution in [0, 0.1) is 0 Å². The molecule has 0 radical (unpaired) electrons. The van der Waals surface area contributed by atoms with Gasteiger partial charge in [0.2, 0.25) is 5.91 Å². The third-order valence-corrected chi connectivity index (χ3v) is 6.04. The van der Waals surface area contributed by atoms with Gasteiger partial charge in [-0.25, -0.2) is 4.79 Å². The molecule has 0 aliphatic carbocycles. The van der Waals surface area contributed by atoms with Crippen molar-refractivity contribution in [3.8, 4) is 0 Å². The van der Waals surface area contributed by atoms with Gasteiger partial charge in [0.05, 0.1) is 25.3 Å². The zero-order chi connectivity index (χ0) is 23.5. The minimum Gasteiger partial charge on any atom is -0.475 e. The van der Waals surface area contributed by atoms with Crippen LogP contribution in [0.25, 0.3) is 0 Å². The second kappa shape index (κ2) is 9.90. The van der Waals surface area contributed by atoms with Gasteiger partial charge in [0.25, 0.3) is 5.91 Å². The van der Waals surface area contributed by atoms with Gasteiger partial charge in [0.1, 0.15) is 5.69 Å². The Hall–Kier alpha value is -2.60.